The van der Waals surface area contributed by atoms with E-state index in [0.29, 0.717) is 11.0 Å². The van der Waals surface area contributed by atoms with Gasteiger partial charge in [-0.2, -0.15) is 0 Å². The van der Waals surface area contributed by atoms with E-state index in [2.05, 4.69) is 17.6 Å². The van der Waals surface area contributed by atoms with Crippen molar-refractivity contribution >= 4 is 17.8 Å². The van der Waals surface area contributed by atoms with Crippen LogP contribution in [0.3, 0.4) is 0 Å². The van der Waals surface area contributed by atoms with Gasteiger partial charge in [-0.15, -0.1) is 0 Å². The molecule has 0 rings (SSSR count). The lowest BCUT2D eigenvalue weighted by atomic mass is 9.90. The Bertz CT molecular complexity index is 732. The topological polar surface area (TPSA) is 145 Å². The van der Waals surface area contributed by atoms with Gasteiger partial charge in [0.05, 0.1) is 28.3 Å². The van der Waals surface area contributed by atoms with E-state index in [9.17, 15) is 29.7 Å². The first-order valence-corrected chi connectivity index (χ1v) is 15.8. The molecule has 0 aliphatic heterocycles. The molecule has 0 heterocycles. The second-order valence-corrected chi connectivity index (χ2v) is 12.7. The van der Waals surface area contributed by atoms with Crippen molar-refractivity contribution in [3.63, 3.8) is 0 Å². The van der Waals surface area contributed by atoms with Crippen molar-refractivity contribution in [2.24, 2.45) is 0 Å². The number of nitrogens with one attached hydrogen (secondary N) is 2. The second-order valence-electron chi connectivity index (χ2n) is 12.7. The summed E-state index contributed by atoms with van der Waals surface area (Å²) in [5, 5.41) is 36.3. The number of unbranched alkanes of at least 4 members (excludes halogenated alkanes) is 15. The quantitative estimate of drug-likeness (QED) is 0.0394. The van der Waals surface area contributed by atoms with Crippen LogP contribution in [0.5, 0.6) is 0 Å². The van der Waals surface area contributed by atoms with Crippen LogP contribution in [0.25, 0.3) is 0 Å². The highest BCUT2D eigenvalue weighted by molar-refractivity contribution is 5.89. The Morgan fingerprint density at radius 1 is 0.738 bits per heavy atom. The van der Waals surface area contributed by atoms with Crippen molar-refractivity contribution in [1.82, 2.24) is 10.6 Å². The Balaban J connectivity index is 0. The fraction of sp³-hybridized carbons (Fsp3) is 0.903. The number of carbonyl (C=O) groups is 3. The van der Waals surface area contributed by atoms with Gasteiger partial charge in [-0.05, 0) is 13.3 Å². The molecule has 0 aliphatic rings. The zero-order chi connectivity index (χ0) is 31.3. The van der Waals surface area contributed by atoms with E-state index in [-0.39, 0.29) is 30.5 Å². The van der Waals surface area contributed by atoms with E-state index in [1.54, 1.807) is 0 Å². The minimum Gasteiger partial charge on any atom is -1.00 e. The van der Waals surface area contributed by atoms with E-state index in [0.717, 1.165) is 32.6 Å². The lowest BCUT2D eigenvalue weighted by Crippen LogP contribution is -3.00. The monoisotopic (exact) mass is 715 g/mol. The van der Waals surface area contributed by atoms with Gasteiger partial charge in [-0.3, -0.25) is 9.59 Å². The second kappa shape index (κ2) is 24.3. The van der Waals surface area contributed by atoms with E-state index < -0.39 is 41.6 Å². The molecule has 2 amide bonds. The van der Waals surface area contributed by atoms with Crippen LogP contribution in [0, 0.1) is 0 Å². The highest BCUT2D eigenvalue weighted by Gasteiger charge is 2.46. The fourth-order valence-electron chi connectivity index (χ4n) is 4.78. The SMILES string of the molecule is CCCCCCCCCCCCCCCCCCNC(=O)C(O)C(C)(O)C(O)C(=O)NC(C[N+](C)(C)C)C(=O)OC.[I-]. The molecule has 0 aromatic rings. The lowest BCUT2D eigenvalue weighted by molar-refractivity contribution is -0.870. The molecule has 11 heteroatoms. The van der Waals surface area contributed by atoms with Crippen LogP contribution in [-0.2, 0) is 19.1 Å². The summed E-state index contributed by atoms with van der Waals surface area (Å²) in [7, 11) is 6.60. The number of nitrogens with zero attached hydrogens (tertiary/aromatic N) is 1. The number of ether oxygens (including phenoxy) is 1. The number of aliphatic hydroxyl groups is 3. The summed E-state index contributed by atoms with van der Waals surface area (Å²) in [6.07, 6.45) is 15.7. The number of likely N-dealkylation sites (N-methyl/N-ethyl adjacent to an activating group) is 1. The zero-order valence-electron chi connectivity index (χ0n) is 27.3. The number of methoxy groups -OCH3 is 1. The molecule has 0 saturated heterocycles. The van der Waals surface area contributed by atoms with Crippen LogP contribution in [0.1, 0.15) is 117 Å². The standard InChI is InChI=1S/C31H61N3O7.HI/c1-7-8-9-10-11-12-13-14-15-16-17-18-19-20-21-22-23-32-28(37)26(35)31(2,40)27(36)29(38)33-25(30(39)41-6)24-34(3,4)5;/h25-27,35-36,40H,7-24H2,1-6H3,(H-,32,33,37,38);1H. The normalized spacial score (nSPS) is 15.1. The zero-order valence-corrected chi connectivity index (χ0v) is 29.4. The van der Waals surface area contributed by atoms with Gasteiger partial charge < -0.3 is 59.1 Å². The van der Waals surface area contributed by atoms with Gasteiger partial charge in [-0.1, -0.05) is 103 Å². The Hall–Kier alpha value is -1.02. The molecule has 250 valence electrons. The number of amides is 2. The Morgan fingerprint density at radius 3 is 1.50 bits per heavy atom. The first-order valence-electron chi connectivity index (χ1n) is 15.8. The minimum atomic E-state index is -2.47. The predicted molar refractivity (Wildman–Crippen MR) is 162 cm³/mol. The summed E-state index contributed by atoms with van der Waals surface area (Å²) in [4.78, 5) is 37.1. The molecule has 0 fully saturated rings. The summed E-state index contributed by atoms with van der Waals surface area (Å²) in [5.74, 6) is -2.68. The molecular formula is C31H62IN3O7. The number of carbonyl (C=O) groups excluding carboxylic acids is 3. The van der Waals surface area contributed by atoms with Gasteiger partial charge in [0.1, 0.15) is 12.1 Å². The Kier molecular flexibility index (Phi) is 25.0. The molecule has 0 aliphatic carbocycles. The van der Waals surface area contributed by atoms with Gasteiger partial charge >= 0.3 is 5.97 Å². The minimum absolute atomic E-state index is 0. The molecule has 42 heavy (non-hydrogen) atoms. The molecule has 4 atom stereocenters. The molecular weight excluding hydrogens is 653 g/mol. The molecule has 0 saturated carbocycles. The van der Waals surface area contributed by atoms with E-state index >= 15 is 0 Å². The van der Waals surface area contributed by atoms with Crippen LogP contribution in [-0.4, -0.2) is 103 Å². The van der Waals surface area contributed by atoms with E-state index in [1.807, 2.05) is 21.1 Å². The van der Waals surface area contributed by atoms with E-state index in [1.165, 1.54) is 84.2 Å². The van der Waals surface area contributed by atoms with Gasteiger partial charge in [0.25, 0.3) is 11.8 Å². The molecule has 0 bridgehead atoms. The maximum absolute atomic E-state index is 12.6. The summed E-state index contributed by atoms with van der Waals surface area (Å²) in [6, 6.07) is -1.08. The largest absolute Gasteiger partial charge is 1.00 e. The number of halogens is 1. The average Bonchev–Trinajstić information content (AvgIpc) is 2.91. The number of esters is 1. The van der Waals surface area contributed by atoms with Crippen molar-refractivity contribution in [3.05, 3.63) is 0 Å². The summed E-state index contributed by atoms with van der Waals surface area (Å²) in [5.41, 5.74) is -2.47. The highest BCUT2D eigenvalue weighted by atomic mass is 127. The maximum atomic E-state index is 12.6. The van der Waals surface area contributed by atoms with Crippen molar-refractivity contribution < 1.29 is 62.9 Å². The van der Waals surface area contributed by atoms with Crippen LogP contribution in [0.2, 0.25) is 0 Å². The number of hydrogen-bond donors (Lipinski definition) is 5. The predicted octanol–water partition coefficient (Wildman–Crippen LogP) is 0.205. The van der Waals surface area contributed by atoms with Crippen molar-refractivity contribution in [2.45, 2.75) is 140 Å². The third kappa shape index (κ3) is 20.0. The third-order valence-corrected chi connectivity index (χ3v) is 7.47. The van der Waals surface area contributed by atoms with Gasteiger partial charge in [0.15, 0.2) is 18.2 Å². The lowest BCUT2D eigenvalue weighted by Gasteiger charge is -2.33. The van der Waals surface area contributed by atoms with Gasteiger partial charge in [0, 0.05) is 6.54 Å². The third-order valence-electron chi connectivity index (χ3n) is 7.47. The molecule has 0 radical (unpaired) electrons. The number of quaternary nitrogens is 1. The average molecular weight is 716 g/mol. The van der Waals surface area contributed by atoms with Gasteiger partial charge in [0.2, 0.25) is 0 Å². The number of rotatable bonds is 25. The van der Waals surface area contributed by atoms with Crippen molar-refractivity contribution in [2.75, 3.05) is 41.3 Å². The first kappa shape index (κ1) is 43.1. The molecule has 0 aromatic heterocycles. The smallest absolute Gasteiger partial charge is 0.334 e. The molecule has 5 N–H and O–H groups in total. The van der Waals surface area contributed by atoms with Crippen LogP contribution < -0.4 is 34.6 Å². The molecule has 4 unspecified atom stereocenters. The van der Waals surface area contributed by atoms with Crippen LogP contribution >= 0.6 is 0 Å². The Morgan fingerprint density at radius 2 is 1.12 bits per heavy atom. The highest BCUT2D eigenvalue weighted by Crippen LogP contribution is 2.17. The van der Waals surface area contributed by atoms with Crippen LogP contribution in [0.4, 0.5) is 0 Å². The molecule has 0 spiro atoms. The number of hydrogen-bond acceptors (Lipinski definition) is 7. The summed E-state index contributed by atoms with van der Waals surface area (Å²) < 4.78 is 5.03. The van der Waals surface area contributed by atoms with Crippen LogP contribution in [0.15, 0.2) is 0 Å². The van der Waals surface area contributed by atoms with E-state index in [4.69, 9.17) is 4.74 Å². The fourth-order valence-corrected chi connectivity index (χ4v) is 4.78. The van der Waals surface area contributed by atoms with Gasteiger partial charge in [-0.25, -0.2) is 4.79 Å². The van der Waals surface area contributed by atoms with Crippen molar-refractivity contribution in [3.8, 4) is 0 Å². The molecule has 0 aromatic carbocycles. The first-order chi connectivity index (χ1) is 19.3. The maximum Gasteiger partial charge on any atom is 0.334 e. The summed E-state index contributed by atoms with van der Waals surface area (Å²) in [6.45, 7) is 3.74. The number of aliphatic hydroxyl groups excluding tert-OH is 2. The Labute approximate surface area is 272 Å². The molecule has 10 nitrogen and oxygen atoms in total. The summed E-state index contributed by atoms with van der Waals surface area (Å²) >= 11 is 0. The van der Waals surface area contributed by atoms with Crippen molar-refractivity contribution in [1.29, 1.82) is 0 Å².